The first-order valence-corrected chi connectivity index (χ1v) is 21.8. The molecule has 0 aromatic carbocycles. The Labute approximate surface area is 317 Å². The van der Waals surface area contributed by atoms with E-state index in [1.54, 1.807) is 0 Å². The highest BCUT2D eigenvalue weighted by Gasteiger charge is 2.44. The smallest absolute Gasteiger partial charge is 0.249 e. The Kier molecular flexibility index (Phi) is 31.7. The minimum absolute atomic E-state index is 0.250. The second kappa shape index (κ2) is 33.5. The zero-order valence-electron chi connectivity index (χ0n) is 33.4. The SMILES string of the molecule is CCCCCCCCCCCCCCCCCC(O)C(=O)NC(COC1OC(CO)C(O)C(O)C1O)C(O)CCCCCCCCCCCCCC. The molecule has 1 heterocycles. The summed E-state index contributed by atoms with van der Waals surface area (Å²) in [6, 6.07) is -0.886. The Morgan fingerprint density at radius 2 is 0.962 bits per heavy atom. The molecule has 1 saturated heterocycles. The molecule has 0 aliphatic carbocycles. The van der Waals surface area contributed by atoms with Crippen LogP contribution in [-0.4, -0.2) is 98.7 Å². The molecule has 7 N–H and O–H groups in total. The minimum atomic E-state index is -1.59. The van der Waals surface area contributed by atoms with E-state index < -0.39 is 61.5 Å². The van der Waals surface area contributed by atoms with Gasteiger partial charge >= 0.3 is 0 Å². The molecule has 0 bridgehead atoms. The maximum atomic E-state index is 13.0. The second-order valence-corrected chi connectivity index (χ2v) is 15.6. The van der Waals surface area contributed by atoms with Gasteiger partial charge in [0.05, 0.1) is 25.4 Å². The van der Waals surface area contributed by atoms with Crippen molar-refractivity contribution in [2.75, 3.05) is 13.2 Å². The zero-order chi connectivity index (χ0) is 38.2. The molecule has 1 aliphatic rings. The Morgan fingerprint density at radius 1 is 0.577 bits per heavy atom. The Balaban J connectivity index is 2.41. The first-order valence-electron chi connectivity index (χ1n) is 21.8. The lowest BCUT2D eigenvalue weighted by Crippen LogP contribution is -2.60. The summed E-state index contributed by atoms with van der Waals surface area (Å²) in [6.45, 7) is 3.66. The van der Waals surface area contributed by atoms with Crippen molar-refractivity contribution >= 4 is 5.91 Å². The molecular weight excluding hydrogens is 662 g/mol. The van der Waals surface area contributed by atoms with E-state index in [1.165, 1.54) is 128 Å². The normalized spacial score (nSPS) is 22.3. The first-order chi connectivity index (χ1) is 25.3. The van der Waals surface area contributed by atoms with Crippen LogP contribution in [0.3, 0.4) is 0 Å². The number of carbonyl (C=O) groups excluding carboxylic acids is 1. The van der Waals surface area contributed by atoms with Gasteiger partial charge in [0.1, 0.15) is 30.5 Å². The number of unbranched alkanes of at least 4 members (excludes halogenated alkanes) is 25. The summed E-state index contributed by atoms with van der Waals surface area (Å²) in [5.41, 5.74) is 0. The van der Waals surface area contributed by atoms with Crippen molar-refractivity contribution in [1.82, 2.24) is 5.32 Å². The van der Waals surface area contributed by atoms with Crippen molar-refractivity contribution in [3.05, 3.63) is 0 Å². The highest BCUT2D eigenvalue weighted by Crippen LogP contribution is 2.23. The van der Waals surface area contributed by atoms with E-state index in [4.69, 9.17) is 9.47 Å². The summed E-state index contributed by atoms with van der Waals surface area (Å²) in [7, 11) is 0. The Bertz CT molecular complexity index is 803. The maximum absolute atomic E-state index is 13.0. The van der Waals surface area contributed by atoms with Crippen LogP contribution >= 0.6 is 0 Å². The molecule has 1 fully saturated rings. The number of amides is 1. The fourth-order valence-electron chi connectivity index (χ4n) is 7.17. The van der Waals surface area contributed by atoms with Crippen molar-refractivity contribution in [1.29, 1.82) is 0 Å². The number of carbonyl (C=O) groups is 1. The lowest BCUT2D eigenvalue weighted by Gasteiger charge is -2.40. The van der Waals surface area contributed by atoms with Gasteiger partial charge in [-0.1, -0.05) is 187 Å². The monoisotopic (exact) mass is 746 g/mol. The summed E-state index contributed by atoms with van der Waals surface area (Å²) in [6.07, 6.45) is 24.3. The van der Waals surface area contributed by atoms with Gasteiger partial charge in [-0.25, -0.2) is 0 Å². The Morgan fingerprint density at radius 3 is 1.37 bits per heavy atom. The van der Waals surface area contributed by atoms with Gasteiger partial charge in [0.2, 0.25) is 5.91 Å². The highest BCUT2D eigenvalue weighted by atomic mass is 16.7. The first kappa shape index (κ1) is 49.2. The zero-order valence-corrected chi connectivity index (χ0v) is 33.4. The van der Waals surface area contributed by atoms with Gasteiger partial charge in [-0.2, -0.15) is 0 Å². The molecule has 1 aliphatic heterocycles. The number of hydrogen-bond acceptors (Lipinski definition) is 9. The van der Waals surface area contributed by atoms with Crippen LogP contribution in [0.1, 0.15) is 200 Å². The van der Waals surface area contributed by atoms with Gasteiger partial charge < -0.3 is 45.4 Å². The predicted octanol–water partition coefficient (Wildman–Crippen LogP) is 7.36. The van der Waals surface area contributed by atoms with Gasteiger partial charge in [-0.15, -0.1) is 0 Å². The third-order valence-electron chi connectivity index (χ3n) is 10.8. The summed E-state index contributed by atoms with van der Waals surface area (Å²) in [5, 5.41) is 64.6. The molecular formula is C42H83NO9. The minimum Gasteiger partial charge on any atom is -0.394 e. The van der Waals surface area contributed by atoms with Crippen LogP contribution < -0.4 is 5.32 Å². The number of nitrogens with one attached hydrogen (secondary N) is 1. The molecule has 1 amide bonds. The predicted molar refractivity (Wildman–Crippen MR) is 209 cm³/mol. The van der Waals surface area contributed by atoms with Crippen molar-refractivity contribution in [3.8, 4) is 0 Å². The fraction of sp³-hybridized carbons (Fsp3) is 0.976. The summed E-state index contributed by atoms with van der Waals surface area (Å²) >= 11 is 0. The Hall–Kier alpha value is -0.850. The topological polar surface area (TPSA) is 169 Å². The highest BCUT2D eigenvalue weighted by molar-refractivity contribution is 5.80. The lowest BCUT2D eigenvalue weighted by atomic mass is 9.99. The average Bonchev–Trinajstić information content (AvgIpc) is 3.14. The molecule has 10 nitrogen and oxygen atoms in total. The molecule has 52 heavy (non-hydrogen) atoms. The van der Waals surface area contributed by atoms with Crippen molar-refractivity contribution in [2.45, 2.75) is 249 Å². The van der Waals surface area contributed by atoms with E-state index >= 15 is 0 Å². The van der Waals surface area contributed by atoms with Crippen LogP contribution in [0.15, 0.2) is 0 Å². The van der Waals surface area contributed by atoms with Crippen LogP contribution in [0.2, 0.25) is 0 Å². The van der Waals surface area contributed by atoms with Gasteiger partial charge in [-0.05, 0) is 12.8 Å². The van der Waals surface area contributed by atoms with E-state index in [0.717, 1.165) is 44.9 Å². The molecule has 8 atom stereocenters. The number of aliphatic hydroxyl groups excluding tert-OH is 6. The van der Waals surface area contributed by atoms with Crippen molar-refractivity contribution < 1.29 is 44.9 Å². The van der Waals surface area contributed by atoms with Gasteiger partial charge in [0.25, 0.3) is 0 Å². The van der Waals surface area contributed by atoms with Gasteiger partial charge in [0.15, 0.2) is 6.29 Å². The number of ether oxygens (including phenoxy) is 2. The van der Waals surface area contributed by atoms with E-state index in [2.05, 4.69) is 19.2 Å². The molecule has 0 aromatic heterocycles. The van der Waals surface area contributed by atoms with E-state index in [9.17, 15) is 35.4 Å². The van der Waals surface area contributed by atoms with Gasteiger partial charge in [-0.3, -0.25) is 4.79 Å². The number of rotatable bonds is 36. The number of hydrogen-bond donors (Lipinski definition) is 7. The van der Waals surface area contributed by atoms with Crippen molar-refractivity contribution in [2.24, 2.45) is 0 Å². The largest absolute Gasteiger partial charge is 0.394 e. The molecule has 0 saturated carbocycles. The maximum Gasteiger partial charge on any atom is 0.249 e. The molecule has 1 rings (SSSR count). The van der Waals surface area contributed by atoms with Crippen LogP contribution in [0.4, 0.5) is 0 Å². The molecule has 0 spiro atoms. The van der Waals surface area contributed by atoms with Crippen LogP contribution in [0.25, 0.3) is 0 Å². The average molecular weight is 746 g/mol. The molecule has 8 unspecified atom stereocenters. The van der Waals surface area contributed by atoms with E-state index in [0.29, 0.717) is 12.8 Å². The second-order valence-electron chi connectivity index (χ2n) is 15.6. The third-order valence-corrected chi connectivity index (χ3v) is 10.8. The molecule has 10 heteroatoms. The molecule has 0 radical (unpaired) electrons. The van der Waals surface area contributed by atoms with Crippen LogP contribution in [0.5, 0.6) is 0 Å². The van der Waals surface area contributed by atoms with Crippen LogP contribution in [0, 0.1) is 0 Å². The quantitative estimate of drug-likeness (QED) is 0.0324. The van der Waals surface area contributed by atoms with E-state index in [1.807, 2.05) is 0 Å². The van der Waals surface area contributed by atoms with E-state index in [-0.39, 0.29) is 6.61 Å². The number of aliphatic hydroxyl groups is 6. The third kappa shape index (κ3) is 23.8. The fourth-order valence-corrected chi connectivity index (χ4v) is 7.17. The van der Waals surface area contributed by atoms with Gasteiger partial charge in [0, 0.05) is 0 Å². The van der Waals surface area contributed by atoms with Crippen molar-refractivity contribution in [3.63, 3.8) is 0 Å². The van der Waals surface area contributed by atoms with Crippen LogP contribution in [-0.2, 0) is 14.3 Å². The summed E-state index contributed by atoms with van der Waals surface area (Å²) in [5.74, 6) is -0.582. The summed E-state index contributed by atoms with van der Waals surface area (Å²) in [4.78, 5) is 13.0. The molecule has 0 aromatic rings. The summed E-state index contributed by atoms with van der Waals surface area (Å²) < 4.78 is 11.2. The molecule has 310 valence electrons. The lowest BCUT2D eigenvalue weighted by molar-refractivity contribution is -0.302. The standard InChI is InChI=1S/C42H83NO9/c1-3-5-7-9-11-13-15-17-18-19-21-23-25-27-29-31-36(46)41(50)43-34(33-51-42-40(49)39(48)38(47)37(32-44)52-42)35(45)30-28-26-24-22-20-16-14-12-10-8-6-4-2/h34-40,42,44-49H,3-33H2,1-2H3,(H,43,50).